The van der Waals surface area contributed by atoms with E-state index >= 15 is 0 Å². The molecule has 1 amide bonds. The Balaban J connectivity index is 2.67. The van der Waals surface area contributed by atoms with Crippen LogP contribution in [0.25, 0.3) is 0 Å². The van der Waals surface area contributed by atoms with E-state index in [0.29, 0.717) is 12.1 Å². The largest absolute Gasteiger partial charge is 0.396 e. The Kier molecular flexibility index (Phi) is 5.95. The minimum Gasteiger partial charge on any atom is -0.396 e. The third-order valence-electron chi connectivity index (χ3n) is 3.93. The van der Waals surface area contributed by atoms with E-state index in [9.17, 15) is 9.90 Å². The lowest BCUT2D eigenvalue weighted by molar-refractivity contribution is 0.0851. The second kappa shape index (κ2) is 7.24. The van der Waals surface area contributed by atoms with Gasteiger partial charge in [-0.25, -0.2) is 4.98 Å². The number of nitrogens with one attached hydrogen (secondary N) is 1. The second-order valence-corrected chi connectivity index (χ2v) is 5.35. The quantitative estimate of drug-likeness (QED) is 0.797. The van der Waals surface area contributed by atoms with Crippen molar-refractivity contribution in [2.75, 3.05) is 32.1 Å². The molecule has 1 aromatic heterocycles. The fraction of sp³-hybridized carbons (Fsp3) is 0.600. The summed E-state index contributed by atoms with van der Waals surface area (Å²) < 4.78 is 0. The van der Waals surface area contributed by atoms with Crippen LogP contribution in [0.4, 0.5) is 5.82 Å². The van der Waals surface area contributed by atoms with Gasteiger partial charge in [0, 0.05) is 32.3 Å². The van der Waals surface area contributed by atoms with Gasteiger partial charge in [0.2, 0.25) is 0 Å². The standard InChI is InChI=1S/C15H25N3O2/c1-5-15(6-2,11-19)10-17-14(20)12-7-8-13(16-9-12)18(3)4/h7-9,19H,5-6,10-11H2,1-4H3,(H,17,20). The maximum atomic E-state index is 12.1. The van der Waals surface area contributed by atoms with Crippen molar-refractivity contribution in [1.82, 2.24) is 10.3 Å². The molecule has 2 N–H and O–H groups in total. The molecule has 0 saturated heterocycles. The zero-order chi connectivity index (χ0) is 15.2. The molecule has 0 fully saturated rings. The number of carbonyl (C=O) groups excluding carboxylic acids is 1. The number of amides is 1. The maximum Gasteiger partial charge on any atom is 0.252 e. The van der Waals surface area contributed by atoms with Crippen LogP contribution in [0.5, 0.6) is 0 Å². The smallest absolute Gasteiger partial charge is 0.252 e. The van der Waals surface area contributed by atoms with E-state index in [1.807, 2.05) is 38.9 Å². The van der Waals surface area contributed by atoms with Crippen LogP contribution in [0.1, 0.15) is 37.0 Å². The van der Waals surface area contributed by atoms with Gasteiger partial charge in [-0.15, -0.1) is 0 Å². The van der Waals surface area contributed by atoms with Gasteiger partial charge >= 0.3 is 0 Å². The van der Waals surface area contributed by atoms with E-state index in [2.05, 4.69) is 10.3 Å². The van der Waals surface area contributed by atoms with Gasteiger partial charge in [-0.2, -0.15) is 0 Å². The van der Waals surface area contributed by atoms with Crippen molar-refractivity contribution in [2.45, 2.75) is 26.7 Å². The fourth-order valence-electron chi connectivity index (χ4n) is 1.93. The van der Waals surface area contributed by atoms with Crippen molar-refractivity contribution < 1.29 is 9.90 Å². The van der Waals surface area contributed by atoms with Crippen molar-refractivity contribution >= 4 is 11.7 Å². The predicted octanol–water partition coefficient (Wildman–Crippen LogP) is 1.68. The van der Waals surface area contributed by atoms with Gasteiger partial charge < -0.3 is 15.3 Å². The van der Waals surface area contributed by atoms with Gasteiger partial charge in [0.05, 0.1) is 12.2 Å². The summed E-state index contributed by atoms with van der Waals surface area (Å²) in [5.41, 5.74) is 0.307. The number of aliphatic hydroxyl groups excluding tert-OH is 1. The van der Waals surface area contributed by atoms with Gasteiger partial charge in [-0.3, -0.25) is 4.79 Å². The Morgan fingerprint density at radius 1 is 1.35 bits per heavy atom. The summed E-state index contributed by atoms with van der Waals surface area (Å²) in [7, 11) is 3.81. The van der Waals surface area contributed by atoms with Crippen molar-refractivity contribution in [3.63, 3.8) is 0 Å². The van der Waals surface area contributed by atoms with Crippen LogP contribution in [-0.4, -0.2) is 43.2 Å². The Morgan fingerprint density at radius 3 is 2.40 bits per heavy atom. The highest BCUT2D eigenvalue weighted by atomic mass is 16.3. The average molecular weight is 279 g/mol. The van der Waals surface area contributed by atoms with Crippen LogP contribution < -0.4 is 10.2 Å². The molecule has 0 saturated carbocycles. The third-order valence-corrected chi connectivity index (χ3v) is 3.93. The van der Waals surface area contributed by atoms with Gasteiger partial charge in [0.1, 0.15) is 5.82 Å². The molecule has 0 aliphatic heterocycles. The van der Waals surface area contributed by atoms with Crippen molar-refractivity contribution in [1.29, 1.82) is 0 Å². The summed E-state index contributed by atoms with van der Waals surface area (Å²) in [5.74, 6) is 0.663. The van der Waals surface area contributed by atoms with Crippen LogP contribution in [0.15, 0.2) is 18.3 Å². The van der Waals surface area contributed by atoms with Crippen LogP contribution in [-0.2, 0) is 0 Å². The highest BCUT2D eigenvalue weighted by Crippen LogP contribution is 2.24. The second-order valence-electron chi connectivity index (χ2n) is 5.35. The number of hydrogen-bond acceptors (Lipinski definition) is 4. The Bertz CT molecular complexity index is 417. The molecule has 1 heterocycles. The molecule has 0 radical (unpaired) electrons. The van der Waals surface area contributed by atoms with Crippen molar-refractivity contribution in [3.8, 4) is 0 Å². The lowest BCUT2D eigenvalue weighted by Crippen LogP contribution is -2.39. The topological polar surface area (TPSA) is 65.5 Å². The molecular weight excluding hydrogens is 254 g/mol. The molecule has 5 nitrogen and oxygen atoms in total. The highest BCUT2D eigenvalue weighted by Gasteiger charge is 2.25. The van der Waals surface area contributed by atoms with Gasteiger partial charge in [0.25, 0.3) is 5.91 Å². The van der Waals surface area contributed by atoms with E-state index in [-0.39, 0.29) is 17.9 Å². The van der Waals surface area contributed by atoms with Crippen LogP contribution in [0.3, 0.4) is 0 Å². The molecule has 0 aliphatic rings. The highest BCUT2D eigenvalue weighted by molar-refractivity contribution is 5.94. The zero-order valence-electron chi connectivity index (χ0n) is 12.8. The van der Waals surface area contributed by atoms with Crippen LogP contribution in [0.2, 0.25) is 0 Å². The molecule has 1 aromatic rings. The minimum absolute atomic E-state index is 0.0814. The Hall–Kier alpha value is -1.62. The van der Waals surface area contributed by atoms with Gasteiger partial charge in [-0.1, -0.05) is 13.8 Å². The molecular formula is C15H25N3O2. The van der Waals surface area contributed by atoms with Crippen molar-refractivity contribution in [3.05, 3.63) is 23.9 Å². The van der Waals surface area contributed by atoms with Crippen LogP contribution in [0, 0.1) is 5.41 Å². The molecule has 0 atom stereocenters. The summed E-state index contributed by atoms with van der Waals surface area (Å²) in [6.45, 7) is 4.61. The number of aromatic nitrogens is 1. The van der Waals surface area contributed by atoms with Gasteiger partial charge in [-0.05, 0) is 25.0 Å². The minimum atomic E-state index is -0.229. The first kappa shape index (κ1) is 16.4. The summed E-state index contributed by atoms with van der Waals surface area (Å²) in [4.78, 5) is 18.2. The monoisotopic (exact) mass is 279 g/mol. The lowest BCUT2D eigenvalue weighted by atomic mass is 9.83. The first-order valence-electron chi connectivity index (χ1n) is 7.00. The first-order chi connectivity index (χ1) is 9.48. The molecule has 0 aliphatic carbocycles. The zero-order valence-corrected chi connectivity index (χ0v) is 12.8. The molecule has 0 spiro atoms. The first-order valence-corrected chi connectivity index (χ1v) is 7.00. The van der Waals surface area contributed by atoms with E-state index < -0.39 is 0 Å². The lowest BCUT2D eigenvalue weighted by Gasteiger charge is -2.29. The Labute approximate surface area is 121 Å². The summed E-state index contributed by atoms with van der Waals surface area (Å²) in [5, 5.41) is 12.4. The van der Waals surface area contributed by atoms with E-state index in [4.69, 9.17) is 0 Å². The third kappa shape index (κ3) is 3.93. The number of hydrogen-bond donors (Lipinski definition) is 2. The molecule has 20 heavy (non-hydrogen) atoms. The average Bonchev–Trinajstić information content (AvgIpc) is 2.49. The molecule has 1 rings (SSSR count). The maximum absolute atomic E-state index is 12.1. The molecule has 5 heteroatoms. The summed E-state index contributed by atoms with van der Waals surface area (Å²) in [6, 6.07) is 3.57. The van der Waals surface area contributed by atoms with Gasteiger partial charge in [0.15, 0.2) is 0 Å². The molecule has 0 bridgehead atoms. The number of nitrogens with zero attached hydrogens (tertiary/aromatic N) is 2. The summed E-state index contributed by atoms with van der Waals surface area (Å²) in [6.07, 6.45) is 3.24. The number of anilines is 1. The molecule has 112 valence electrons. The van der Waals surface area contributed by atoms with Crippen molar-refractivity contribution in [2.24, 2.45) is 5.41 Å². The SMILES string of the molecule is CCC(CC)(CO)CNC(=O)c1ccc(N(C)C)nc1. The fourth-order valence-corrected chi connectivity index (χ4v) is 1.93. The number of rotatable bonds is 7. The normalized spacial score (nSPS) is 11.2. The number of carbonyl (C=O) groups is 1. The summed E-state index contributed by atoms with van der Waals surface area (Å²) >= 11 is 0. The van der Waals surface area contributed by atoms with Crippen LogP contribution >= 0.6 is 0 Å². The number of aliphatic hydroxyl groups is 1. The molecule has 0 unspecified atom stereocenters. The molecule has 0 aromatic carbocycles. The van der Waals surface area contributed by atoms with E-state index in [0.717, 1.165) is 18.7 Å². The van der Waals surface area contributed by atoms with E-state index in [1.165, 1.54) is 0 Å². The predicted molar refractivity (Wildman–Crippen MR) is 81.0 cm³/mol. The van der Waals surface area contributed by atoms with E-state index in [1.54, 1.807) is 12.3 Å². The Morgan fingerprint density at radius 2 is 2.00 bits per heavy atom. The number of pyridine rings is 1.